The van der Waals surface area contributed by atoms with Gasteiger partial charge in [0.2, 0.25) is 0 Å². The van der Waals surface area contributed by atoms with Crippen molar-refractivity contribution in [2.24, 2.45) is 0 Å². The molecule has 0 aromatic heterocycles. The Labute approximate surface area is 105 Å². The van der Waals surface area contributed by atoms with Crippen LogP contribution in [0.15, 0.2) is 18.2 Å². The molecule has 1 aromatic carbocycles. The molecule has 1 N–H and O–H groups in total. The maximum atomic E-state index is 11.7. The molecule has 1 aliphatic heterocycles. The van der Waals surface area contributed by atoms with Gasteiger partial charge >= 0.3 is 5.97 Å². The van der Waals surface area contributed by atoms with Gasteiger partial charge in [0.1, 0.15) is 0 Å². The molecule has 0 unspecified atom stereocenters. The third-order valence-electron chi connectivity index (χ3n) is 2.52. The smallest absolute Gasteiger partial charge is 0.338 e. The second kappa shape index (κ2) is 6.26. The Bertz CT molecular complexity index is 416. The van der Waals surface area contributed by atoms with E-state index in [2.05, 4.69) is 0 Å². The number of hydrogen-bond donors (Lipinski definition) is 1. The molecule has 1 heterocycles. The van der Waals surface area contributed by atoms with Crippen LogP contribution in [0.25, 0.3) is 0 Å². The van der Waals surface area contributed by atoms with Gasteiger partial charge in [-0.15, -0.1) is 0 Å². The molecule has 0 bridgehead atoms. The molecule has 0 saturated carbocycles. The number of esters is 1. The molecular formula is C13H16O5. The molecular weight excluding hydrogens is 236 g/mol. The Balaban J connectivity index is 2.05. The zero-order valence-corrected chi connectivity index (χ0v) is 10.1. The summed E-state index contributed by atoms with van der Waals surface area (Å²) in [4.78, 5) is 11.7. The zero-order chi connectivity index (χ0) is 12.8. The van der Waals surface area contributed by atoms with Crippen molar-refractivity contribution in [2.75, 3.05) is 26.4 Å². The first-order valence-electron chi connectivity index (χ1n) is 5.99. The number of carbonyl (C=O) groups is 1. The highest BCUT2D eigenvalue weighted by molar-refractivity contribution is 5.90. The van der Waals surface area contributed by atoms with Crippen molar-refractivity contribution in [2.45, 2.75) is 12.8 Å². The van der Waals surface area contributed by atoms with Crippen LogP contribution in [0.1, 0.15) is 23.2 Å². The lowest BCUT2D eigenvalue weighted by Crippen LogP contribution is -2.07. The molecule has 0 radical (unpaired) electrons. The average Bonchev–Trinajstić information content (AvgIpc) is 2.63. The summed E-state index contributed by atoms with van der Waals surface area (Å²) in [5.41, 5.74) is 0.428. The summed E-state index contributed by atoms with van der Waals surface area (Å²) in [7, 11) is 0. The standard InChI is InChI=1S/C13H16O5/c14-5-1-6-18-13(15)10-3-4-11-12(9-10)17-8-2-7-16-11/h3-4,9,14H,1-2,5-8H2. The Morgan fingerprint density at radius 2 is 2.06 bits per heavy atom. The lowest BCUT2D eigenvalue weighted by molar-refractivity contribution is 0.0481. The van der Waals surface area contributed by atoms with E-state index in [0.29, 0.717) is 36.7 Å². The minimum absolute atomic E-state index is 0.00835. The van der Waals surface area contributed by atoms with Gasteiger partial charge in [0, 0.05) is 19.4 Å². The van der Waals surface area contributed by atoms with Crippen LogP contribution in [-0.4, -0.2) is 37.5 Å². The van der Waals surface area contributed by atoms with E-state index < -0.39 is 5.97 Å². The Kier molecular flexibility index (Phi) is 4.41. The summed E-state index contributed by atoms with van der Waals surface area (Å²) in [6, 6.07) is 4.99. The molecule has 1 aromatic rings. The topological polar surface area (TPSA) is 65.0 Å². The summed E-state index contributed by atoms with van der Waals surface area (Å²) >= 11 is 0. The van der Waals surface area contributed by atoms with E-state index in [1.807, 2.05) is 0 Å². The van der Waals surface area contributed by atoms with Crippen molar-refractivity contribution in [1.29, 1.82) is 0 Å². The third-order valence-corrected chi connectivity index (χ3v) is 2.52. The lowest BCUT2D eigenvalue weighted by atomic mass is 10.2. The molecule has 5 nitrogen and oxygen atoms in total. The highest BCUT2D eigenvalue weighted by Gasteiger charge is 2.14. The monoisotopic (exact) mass is 252 g/mol. The predicted molar refractivity (Wildman–Crippen MR) is 64.0 cm³/mol. The molecule has 18 heavy (non-hydrogen) atoms. The SMILES string of the molecule is O=C(OCCCO)c1ccc2c(c1)OCCCO2. The van der Waals surface area contributed by atoms with Gasteiger partial charge in [0.05, 0.1) is 25.4 Å². The number of carbonyl (C=O) groups excluding carboxylic acids is 1. The van der Waals surface area contributed by atoms with Crippen molar-refractivity contribution in [1.82, 2.24) is 0 Å². The fraction of sp³-hybridized carbons (Fsp3) is 0.462. The van der Waals surface area contributed by atoms with Crippen LogP contribution in [-0.2, 0) is 4.74 Å². The minimum atomic E-state index is -0.418. The van der Waals surface area contributed by atoms with E-state index in [1.54, 1.807) is 18.2 Å². The van der Waals surface area contributed by atoms with Gasteiger partial charge in [0.15, 0.2) is 11.5 Å². The van der Waals surface area contributed by atoms with Gasteiger partial charge in [-0.3, -0.25) is 0 Å². The zero-order valence-electron chi connectivity index (χ0n) is 10.1. The quantitative estimate of drug-likeness (QED) is 0.648. The highest BCUT2D eigenvalue weighted by Crippen LogP contribution is 2.30. The number of benzene rings is 1. The van der Waals surface area contributed by atoms with Crippen LogP contribution in [0.3, 0.4) is 0 Å². The van der Waals surface area contributed by atoms with Crippen LogP contribution in [0.4, 0.5) is 0 Å². The van der Waals surface area contributed by atoms with E-state index in [1.165, 1.54) is 0 Å². The first-order valence-corrected chi connectivity index (χ1v) is 5.99. The van der Waals surface area contributed by atoms with Gasteiger partial charge in [-0.05, 0) is 18.2 Å². The minimum Gasteiger partial charge on any atom is -0.490 e. The van der Waals surface area contributed by atoms with Crippen molar-refractivity contribution < 1.29 is 24.1 Å². The van der Waals surface area contributed by atoms with Gasteiger partial charge in [-0.25, -0.2) is 4.79 Å². The first kappa shape index (κ1) is 12.7. The number of fused-ring (bicyclic) bond motifs is 1. The normalized spacial score (nSPS) is 13.8. The number of aliphatic hydroxyl groups excluding tert-OH is 1. The van der Waals surface area contributed by atoms with Crippen molar-refractivity contribution >= 4 is 5.97 Å². The second-order valence-electron chi connectivity index (χ2n) is 3.93. The maximum absolute atomic E-state index is 11.7. The molecule has 5 heteroatoms. The Morgan fingerprint density at radius 3 is 2.83 bits per heavy atom. The van der Waals surface area contributed by atoms with E-state index in [-0.39, 0.29) is 13.2 Å². The van der Waals surface area contributed by atoms with Crippen molar-refractivity contribution in [3.05, 3.63) is 23.8 Å². The Hall–Kier alpha value is -1.75. The number of rotatable bonds is 4. The van der Waals surface area contributed by atoms with Gasteiger partial charge in [-0.2, -0.15) is 0 Å². The number of ether oxygens (including phenoxy) is 3. The molecule has 98 valence electrons. The van der Waals surface area contributed by atoms with E-state index in [9.17, 15) is 4.79 Å². The number of aliphatic hydroxyl groups is 1. The van der Waals surface area contributed by atoms with E-state index in [4.69, 9.17) is 19.3 Å². The molecule has 0 saturated heterocycles. The van der Waals surface area contributed by atoms with Gasteiger partial charge in [-0.1, -0.05) is 0 Å². The summed E-state index contributed by atoms with van der Waals surface area (Å²) in [5, 5.41) is 8.61. The molecule has 0 aliphatic carbocycles. The van der Waals surface area contributed by atoms with E-state index >= 15 is 0 Å². The summed E-state index contributed by atoms with van der Waals surface area (Å²) < 4.78 is 16.0. The second-order valence-corrected chi connectivity index (χ2v) is 3.93. The van der Waals surface area contributed by atoms with Gasteiger partial charge in [0.25, 0.3) is 0 Å². The van der Waals surface area contributed by atoms with Crippen LogP contribution < -0.4 is 9.47 Å². The average molecular weight is 252 g/mol. The van der Waals surface area contributed by atoms with Crippen LogP contribution in [0.2, 0.25) is 0 Å². The highest BCUT2D eigenvalue weighted by atomic mass is 16.5. The maximum Gasteiger partial charge on any atom is 0.338 e. The molecule has 0 spiro atoms. The number of hydrogen-bond acceptors (Lipinski definition) is 5. The van der Waals surface area contributed by atoms with Crippen LogP contribution in [0, 0.1) is 0 Å². The molecule has 0 fully saturated rings. The van der Waals surface area contributed by atoms with E-state index in [0.717, 1.165) is 6.42 Å². The predicted octanol–water partition coefficient (Wildman–Crippen LogP) is 1.39. The third kappa shape index (κ3) is 3.13. The largest absolute Gasteiger partial charge is 0.490 e. The summed E-state index contributed by atoms with van der Waals surface area (Å²) in [6.07, 6.45) is 1.27. The Morgan fingerprint density at radius 1 is 1.28 bits per heavy atom. The van der Waals surface area contributed by atoms with Crippen molar-refractivity contribution in [3.63, 3.8) is 0 Å². The van der Waals surface area contributed by atoms with Gasteiger partial charge < -0.3 is 19.3 Å². The fourth-order valence-corrected chi connectivity index (χ4v) is 1.60. The van der Waals surface area contributed by atoms with Crippen molar-refractivity contribution in [3.8, 4) is 11.5 Å². The fourth-order valence-electron chi connectivity index (χ4n) is 1.60. The summed E-state index contributed by atoms with van der Waals surface area (Å²) in [5.74, 6) is 0.808. The molecule has 1 aliphatic rings. The molecule has 0 amide bonds. The molecule has 2 rings (SSSR count). The molecule has 0 atom stereocenters. The summed E-state index contributed by atoms with van der Waals surface area (Å²) in [6.45, 7) is 1.42. The first-order chi connectivity index (χ1) is 8.81. The lowest BCUT2D eigenvalue weighted by Gasteiger charge is -2.09. The van der Waals surface area contributed by atoms with Crippen LogP contribution >= 0.6 is 0 Å². The van der Waals surface area contributed by atoms with Crippen LogP contribution in [0.5, 0.6) is 11.5 Å².